The molecule has 0 radical (unpaired) electrons. The molecule has 212 valence electrons. The second-order valence-corrected chi connectivity index (χ2v) is 10.8. The Balaban J connectivity index is 1.68. The molecule has 2 N–H and O–H groups in total. The van der Waals surface area contributed by atoms with Gasteiger partial charge in [-0.15, -0.1) is 24.9 Å². The average Bonchev–Trinajstić information content (AvgIpc) is 2.91. The van der Waals surface area contributed by atoms with Gasteiger partial charge in [-0.05, 0) is 63.0 Å². The predicted octanol–water partition coefficient (Wildman–Crippen LogP) is 4.00. The van der Waals surface area contributed by atoms with E-state index in [2.05, 4.69) is 15.4 Å². The minimum Gasteiger partial charge on any atom is -0.406 e. The number of ether oxygens (including phenoxy) is 1. The van der Waals surface area contributed by atoms with Crippen molar-refractivity contribution >= 4 is 30.0 Å². The van der Waals surface area contributed by atoms with E-state index in [9.17, 15) is 27.6 Å². The molecular formula is C26H32F3N5O4S. The van der Waals surface area contributed by atoms with E-state index in [0.29, 0.717) is 54.9 Å². The van der Waals surface area contributed by atoms with E-state index in [0.717, 1.165) is 6.41 Å². The number of rotatable bonds is 8. The fourth-order valence-electron chi connectivity index (χ4n) is 5.31. The number of amides is 2. The van der Waals surface area contributed by atoms with E-state index in [1.165, 1.54) is 36.0 Å². The van der Waals surface area contributed by atoms with Crippen LogP contribution in [0.25, 0.3) is 0 Å². The van der Waals surface area contributed by atoms with Gasteiger partial charge in [-0.25, -0.2) is 4.98 Å². The molecule has 2 aromatic rings. The van der Waals surface area contributed by atoms with Gasteiger partial charge in [-0.3, -0.25) is 19.0 Å². The van der Waals surface area contributed by atoms with Crippen molar-refractivity contribution in [3.63, 3.8) is 0 Å². The molecule has 2 amide bonds. The number of carbonyl (C=O) groups is 2. The number of nitrogens with one attached hydrogen (secondary N) is 2. The van der Waals surface area contributed by atoms with Gasteiger partial charge in [0.25, 0.3) is 5.56 Å². The van der Waals surface area contributed by atoms with Gasteiger partial charge in [0, 0.05) is 30.6 Å². The lowest BCUT2D eigenvalue weighted by atomic mass is 9.85. The molecule has 1 aliphatic heterocycles. The molecule has 1 saturated carbocycles. The van der Waals surface area contributed by atoms with Crippen molar-refractivity contribution in [3.8, 4) is 5.75 Å². The summed E-state index contributed by atoms with van der Waals surface area (Å²) in [5, 5.41) is 5.58. The third kappa shape index (κ3) is 6.51. The van der Waals surface area contributed by atoms with Crippen LogP contribution in [0.5, 0.6) is 5.75 Å². The first-order chi connectivity index (χ1) is 18.5. The molecule has 2 aliphatic rings. The van der Waals surface area contributed by atoms with E-state index in [1.807, 2.05) is 13.2 Å². The number of halogens is 3. The molecule has 2 heterocycles. The Kier molecular flexibility index (Phi) is 8.77. The molecule has 2 atom stereocenters. The third-order valence-electron chi connectivity index (χ3n) is 7.42. The lowest BCUT2D eigenvalue weighted by molar-refractivity contribution is -0.274. The van der Waals surface area contributed by atoms with Crippen LogP contribution in [0.3, 0.4) is 0 Å². The van der Waals surface area contributed by atoms with Gasteiger partial charge >= 0.3 is 6.36 Å². The molecule has 1 aliphatic carbocycles. The smallest absolute Gasteiger partial charge is 0.406 e. The first-order valence-corrected chi connectivity index (χ1v) is 14.0. The SMILES string of the molecule is CNC(=O)C1CCC(n2c(NC(SC)c3ccc(OC(F)(F)F)cc3)nc3c(c2=O)C[C@@H](C)N(C=O)C3)CC1. The van der Waals surface area contributed by atoms with E-state index in [-0.39, 0.29) is 41.8 Å². The number of hydrogen-bond acceptors (Lipinski definition) is 7. The number of benzene rings is 1. The standard InChI is InChI=1S/C26H32F3N5O4S/c1-15-12-20-21(13-33(15)14-35)31-25(34(24(20)37)18-8-4-16(5-9-18)22(36)30-2)32-23(39-3)17-6-10-19(11-7-17)38-26(27,28)29/h6-7,10-11,14-16,18,23H,4-5,8-9,12-13H2,1-3H3,(H,30,36)(H,31,32)/t15-,16?,18?,23?/m1/s1. The lowest BCUT2D eigenvalue weighted by Crippen LogP contribution is -2.44. The van der Waals surface area contributed by atoms with Crippen molar-refractivity contribution < 1.29 is 27.5 Å². The quantitative estimate of drug-likeness (QED) is 0.367. The van der Waals surface area contributed by atoms with Crippen molar-refractivity contribution in [3.05, 3.63) is 51.4 Å². The van der Waals surface area contributed by atoms with E-state index >= 15 is 0 Å². The third-order valence-corrected chi connectivity index (χ3v) is 8.28. The van der Waals surface area contributed by atoms with Crippen LogP contribution in [0.15, 0.2) is 29.1 Å². The molecule has 0 saturated heterocycles. The molecule has 39 heavy (non-hydrogen) atoms. The Bertz CT molecular complexity index is 1250. The Morgan fingerprint density at radius 2 is 1.87 bits per heavy atom. The fraction of sp³-hybridized carbons (Fsp3) is 0.538. The maximum Gasteiger partial charge on any atom is 0.573 e. The van der Waals surface area contributed by atoms with Crippen molar-refractivity contribution in [1.29, 1.82) is 0 Å². The zero-order chi connectivity index (χ0) is 28.3. The number of thioether (sulfide) groups is 1. The summed E-state index contributed by atoms with van der Waals surface area (Å²) in [5.74, 6) is -0.115. The molecule has 0 spiro atoms. The molecule has 1 aromatic heterocycles. The second-order valence-electron chi connectivity index (χ2n) is 9.86. The number of anilines is 1. The first-order valence-electron chi connectivity index (χ1n) is 12.8. The molecule has 1 aromatic carbocycles. The number of fused-ring (bicyclic) bond motifs is 1. The second kappa shape index (κ2) is 11.9. The highest BCUT2D eigenvalue weighted by atomic mass is 32.2. The molecule has 0 bridgehead atoms. The zero-order valence-electron chi connectivity index (χ0n) is 22.0. The summed E-state index contributed by atoms with van der Waals surface area (Å²) in [7, 11) is 1.61. The summed E-state index contributed by atoms with van der Waals surface area (Å²) < 4.78 is 43.4. The summed E-state index contributed by atoms with van der Waals surface area (Å²) >= 11 is 1.40. The van der Waals surface area contributed by atoms with E-state index in [1.54, 1.807) is 16.5 Å². The van der Waals surface area contributed by atoms with Crippen molar-refractivity contribution in [1.82, 2.24) is 19.8 Å². The summed E-state index contributed by atoms with van der Waals surface area (Å²) in [5.41, 5.74) is 1.60. The highest BCUT2D eigenvalue weighted by molar-refractivity contribution is 7.98. The lowest BCUT2D eigenvalue weighted by Gasteiger charge is -2.35. The molecule has 1 fully saturated rings. The van der Waals surface area contributed by atoms with Crippen LogP contribution in [-0.2, 0) is 22.6 Å². The van der Waals surface area contributed by atoms with Crippen LogP contribution >= 0.6 is 11.8 Å². The van der Waals surface area contributed by atoms with Gasteiger partial charge in [0.1, 0.15) is 11.1 Å². The summed E-state index contributed by atoms with van der Waals surface area (Å²) in [6.07, 6.45) is 0.704. The number of carbonyl (C=O) groups excluding carboxylic acids is 2. The Labute approximate surface area is 228 Å². The van der Waals surface area contributed by atoms with Gasteiger partial charge < -0.3 is 20.3 Å². The van der Waals surface area contributed by atoms with Gasteiger partial charge in [0.2, 0.25) is 18.3 Å². The van der Waals surface area contributed by atoms with Gasteiger partial charge in [-0.1, -0.05) is 12.1 Å². The predicted molar refractivity (Wildman–Crippen MR) is 141 cm³/mol. The van der Waals surface area contributed by atoms with Gasteiger partial charge in [0.05, 0.1) is 12.2 Å². The molecule has 1 unspecified atom stereocenters. The van der Waals surface area contributed by atoms with E-state index < -0.39 is 11.7 Å². The summed E-state index contributed by atoms with van der Waals surface area (Å²) in [6.45, 7) is 2.10. The van der Waals surface area contributed by atoms with Crippen LogP contribution in [0.4, 0.5) is 19.1 Å². The first kappa shape index (κ1) is 28.8. The maximum absolute atomic E-state index is 13.9. The summed E-state index contributed by atoms with van der Waals surface area (Å²) in [6, 6.07) is 5.22. The van der Waals surface area contributed by atoms with Crippen LogP contribution in [-0.4, -0.2) is 52.5 Å². The number of alkyl halides is 3. The summed E-state index contributed by atoms with van der Waals surface area (Å²) in [4.78, 5) is 44.1. The normalized spacial score (nSPS) is 22.0. The number of aromatic nitrogens is 2. The van der Waals surface area contributed by atoms with Crippen LogP contribution < -0.4 is 20.9 Å². The minimum atomic E-state index is -4.79. The molecule has 9 nitrogen and oxygen atoms in total. The van der Waals surface area contributed by atoms with Gasteiger partial charge in [-0.2, -0.15) is 0 Å². The van der Waals surface area contributed by atoms with Crippen LogP contribution in [0.2, 0.25) is 0 Å². The maximum atomic E-state index is 13.9. The number of hydrogen-bond donors (Lipinski definition) is 2. The highest BCUT2D eigenvalue weighted by Crippen LogP contribution is 2.36. The molecular weight excluding hydrogens is 535 g/mol. The van der Waals surface area contributed by atoms with Crippen LogP contribution in [0, 0.1) is 5.92 Å². The topological polar surface area (TPSA) is 106 Å². The van der Waals surface area contributed by atoms with Crippen molar-refractivity contribution in [2.24, 2.45) is 5.92 Å². The molecule has 13 heteroatoms. The zero-order valence-corrected chi connectivity index (χ0v) is 22.8. The monoisotopic (exact) mass is 567 g/mol. The van der Waals surface area contributed by atoms with Crippen LogP contribution in [0.1, 0.15) is 60.8 Å². The van der Waals surface area contributed by atoms with Crippen molar-refractivity contribution in [2.45, 2.75) is 69.4 Å². The fourth-order valence-corrected chi connectivity index (χ4v) is 5.97. The Hall–Kier alpha value is -3.22. The van der Waals surface area contributed by atoms with Crippen molar-refractivity contribution in [2.75, 3.05) is 18.6 Å². The molecule has 4 rings (SSSR count). The minimum absolute atomic E-state index is 0.00844. The Morgan fingerprint density at radius 3 is 2.44 bits per heavy atom. The van der Waals surface area contributed by atoms with Gasteiger partial charge in [0.15, 0.2) is 0 Å². The Morgan fingerprint density at radius 1 is 1.21 bits per heavy atom. The number of nitrogens with zero attached hydrogens (tertiary/aromatic N) is 3. The van der Waals surface area contributed by atoms with E-state index in [4.69, 9.17) is 4.98 Å². The highest BCUT2D eigenvalue weighted by Gasteiger charge is 2.33. The largest absolute Gasteiger partial charge is 0.573 e. The average molecular weight is 568 g/mol.